The molecule has 0 aliphatic carbocycles. The van der Waals surface area contributed by atoms with Gasteiger partial charge in [-0.2, -0.15) is 13.2 Å². The Bertz CT molecular complexity index is 1060. The number of likely N-dealkylation sites (tertiary alicyclic amines) is 2. The van der Waals surface area contributed by atoms with Gasteiger partial charge in [-0.15, -0.1) is 0 Å². The third kappa shape index (κ3) is 4.86. The summed E-state index contributed by atoms with van der Waals surface area (Å²) in [6.45, 7) is 5.24. The van der Waals surface area contributed by atoms with Crippen LogP contribution in [0.4, 0.5) is 17.6 Å². The van der Waals surface area contributed by atoms with Crippen molar-refractivity contribution in [3.63, 3.8) is 0 Å². The fraction of sp³-hybridized carbons (Fsp3) is 0.462. The van der Waals surface area contributed by atoms with Gasteiger partial charge in [0.1, 0.15) is 5.82 Å². The first-order chi connectivity index (χ1) is 15.8. The largest absolute Gasteiger partial charge is 0.416 e. The van der Waals surface area contributed by atoms with Crippen LogP contribution in [-0.2, 0) is 6.18 Å². The average molecular weight is 477 g/mol. The molecule has 0 unspecified atom stereocenters. The molecule has 0 aromatic heterocycles. The van der Waals surface area contributed by atoms with Crippen LogP contribution >= 0.6 is 11.8 Å². The molecule has 2 aromatic carbocycles. The van der Waals surface area contributed by atoms with Crippen molar-refractivity contribution in [3.8, 4) is 0 Å². The molecule has 3 heterocycles. The second kappa shape index (κ2) is 9.08. The van der Waals surface area contributed by atoms with E-state index in [9.17, 15) is 17.6 Å². The van der Waals surface area contributed by atoms with Gasteiger partial charge in [-0.05, 0) is 98.8 Å². The van der Waals surface area contributed by atoms with Crippen LogP contribution in [0.5, 0.6) is 0 Å². The molecule has 0 radical (unpaired) electrons. The van der Waals surface area contributed by atoms with Gasteiger partial charge in [-0.3, -0.25) is 0 Å². The number of nitrogens with zero attached hydrogens (tertiary/aromatic N) is 2. The fourth-order valence-corrected chi connectivity index (χ4v) is 6.38. The number of rotatable bonds is 2. The lowest BCUT2D eigenvalue weighted by Crippen LogP contribution is -2.39. The maximum absolute atomic E-state index is 14.0. The van der Waals surface area contributed by atoms with Gasteiger partial charge in [0.15, 0.2) is 0 Å². The molecular weight excluding hydrogens is 448 g/mol. The SMILES string of the molecule is CN1CCC(CN2CCC(=C3c4ccc(F)cc4Sc4ccc(C(F)(F)F)cc43)CC2)CC1. The molecule has 0 bridgehead atoms. The van der Waals surface area contributed by atoms with Gasteiger partial charge in [-0.1, -0.05) is 23.4 Å². The summed E-state index contributed by atoms with van der Waals surface area (Å²) < 4.78 is 54.4. The van der Waals surface area contributed by atoms with Gasteiger partial charge >= 0.3 is 6.18 Å². The van der Waals surface area contributed by atoms with E-state index in [1.165, 1.54) is 54.4 Å². The van der Waals surface area contributed by atoms with Crippen molar-refractivity contribution < 1.29 is 17.6 Å². The maximum Gasteiger partial charge on any atom is 0.416 e. The highest BCUT2D eigenvalue weighted by atomic mass is 32.2. The number of hydrogen-bond acceptors (Lipinski definition) is 3. The standard InChI is InChI=1S/C26H28F4N2S/c1-31-10-6-17(7-11-31)16-32-12-8-18(9-13-32)25-21-4-3-20(27)15-24(21)33-23-5-2-19(14-22(23)25)26(28,29)30/h2-5,14-15,17H,6-13,16H2,1H3. The number of benzene rings is 2. The predicted molar refractivity (Wildman–Crippen MR) is 124 cm³/mol. The Morgan fingerprint density at radius 2 is 1.64 bits per heavy atom. The monoisotopic (exact) mass is 476 g/mol. The summed E-state index contributed by atoms with van der Waals surface area (Å²) in [5.74, 6) is 0.397. The van der Waals surface area contributed by atoms with Gasteiger partial charge < -0.3 is 9.80 Å². The lowest BCUT2D eigenvalue weighted by atomic mass is 9.86. The topological polar surface area (TPSA) is 6.48 Å². The van der Waals surface area contributed by atoms with Crippen LogP contribution in [0.15, 0.2) is 51.8 Å². The van der Waals surface area contributed by atoms with Crippen molar-refractivity contribution in [2.24, 2.45) is 5.92 Å². The number of fused-ring (bicyclic) bond motifs is 2. The first-order valence-corrected chi connectivity index (χ1v) is 12.4. The van der Waals surface area contributed by atoms with Crippen molar-refractivity contribution in [2.45, 2.75) is 41.7 Å². The summed E-state index contributed by atoms with van der Waals surface area (Å²) >= 11 is 1.35. The minimum Gasteiger partial charge on any atom is -0.306 e. The molecule has 0 amide bonds. The molecule has 0 atom stereocenters. The molecule has 7 heteroatoms. The lowest BCUT2D eigenvalue weighted by molar-refractivity contribution is -0.137. The molecule has 33 heavy (non-hydrogen) atoms. The summed E-state index contributed by atoms with van der Waals surface area (Å²) in [7, 11) is 2.17. The minimum atomic E-state index is -4.39. The van der Waals surface area contributed by atoms with E-state index in [4.69, 9.17) is 0 Å². The van der Waals surface area contributed by atoms with Crippen LogP contribution in [0.3, 0.4) is 0 Å². The van der Waals surface area contributed by atoms with Crippen molar-refractivity contribution in [1.29, 1.82) is 0 Å². The molecule has 2 saturated heterocycles. The Kier molecular flexibility index (Phi) is 6.31. The van der Waals surface area contributed by atoms with E-state index in [1.807, 2.05) is 0 Å². The van der Waals surface area contributed by atoms with Gasteiger partial charge in [0.25, 0.3) is 0 Å². The molecule has 2 nitrogen and oxygen atoms in total. The Labute approximate surface area is 196 Å². The van der Waals surface area contributed by atoms with Gasteiger partial charge in [-0.25, -0.2) is 4.39 Å². The fourth-order valence-electron chi connectivity index (χ4n) is 5.29. The normalized spacial score (nSPS) is 20.6. The number of halogens is 4. The highest BCUT2D eigenvalue weighted by Gasteiger charge is 2.34. The van der Waals surface area contributed by atoms with Crippen molar-refractivity contribution in [2.75, 3.05) is 39.8 Å². The Morgan fingerprint density at radius 3 is 2.33 bits per heavy atom. The molecule has 0 spiro atoms. The zero-order chi connectivity index (χ0) is 23.2. The summed E-state index contributed by atoms with van der Waals surface area (Å²) in [6, 6.07) is 8.58. The first-order valence-electron chi connectivity index (χ1n) is 11.6. The van der Waals surface area contributed by atoms with Crippen LogP contribution in [0, 0.1) is 11.7 Å². The van der Waals surface area contributed by atoms with Crippen LogP contribution in [0.25, 0.3) is 5.57 Å². The molecule has 2 aromatic rings. The van der Waals surface area contributed by atoms with Gasteiger partial charge in [0.05, 0.1) is 5.56 Å². The lowest BCUT2D eigenvalue weighted by Gasteiger charge is -2.36. The number of piperidine rings is 2. The molecule has 5 rings (SSSR count). The Hall–Kier alpha value is -1.83. The van der Waals surface area contributed by atoms with E-state index < -0.39 is 11.7 Å². The first kappa shape index (κ1) is 22.9. The van der Waals surface area contributed by atoms with Crippen molar-refractivity contribution in [1.82, 2.24) is 9.80 Å². The quantitative estimate of drug-likeness (QED) is 0.388. The molecule has 3 aliphatic rings. The van der Waals surface area contributed by atoms with E-state index in [2.05, 4.69) is 16.8 Å². The molecule has 176 valence electrons. The Balaban J connectivity index is 1.44. The Morgan fingerprint density at radius 1 is 0.909 bits per heavy atom. The molecular formula is C26H28F4N2S. The number of alkyl halides is 3. The zero-order valence-electron chi connectivity index (χ0n) is 18.7. The van der Waals surface area contributed by atoms with Crippen LogP contribution in [0.1, 0.15) is 42.4 Å². The third-order valence-corrected chi connectivity index (χ3v) is 8.31. The maximum atomic E-state index is 14.0. The van der Waals surface area contributed by atoms with E-state index >= 15 is 0 Å². The smallest absolute Gasteiger partial charge is 0.306 e. The van der Waals surface area contributed by atoms with Crippen LogP contribution < -0.4 is 0 Å². The second-order valence-electron chi connectivity index (χ2n) is 9.48. The summed E-state index contributed by atoms with van der Waals surface area (Å²) in [5.41, 5.74) is 2.91. The van der Waals surface area contributed by atoms with E-state index in [0.717, 1.165) is 78.5 Å². The number of hydrogen-bond donors (Lipinski definition) is 0. The van der Waals surface area contributed by atoms with Gasteiger partial charge in [0.2, 0.25) is 0 Å². The average Bonchev–Trinajstić information content (AvgIpc) is 2.78. The van der Waals surface area contributed by atoms with Crippen molar-refractivity contribution >= 4 is 17.3 Å². The van der Waals surface area contributed by atoms with E-state index in [-0.39, 0.29) is 5.82 Å². The summed E-state index contributed by atoms with van der Waals surface area (Å²) in [6.07, 6.45) is -0.274. The minimum absolute atomic E-state index is 0.325. The second-order valence-corrected chi connectivity index (χ2v) is 10.6. The molecule has 3 aliphatic heterocycles. The highest BCUT2D eigenvalue weighted by Crippen LogP contribution is 2.49. The van der Waals surface area contributed by atoms with E-state index in [1.54, 1.807) is 6.07 Å². The zero-order valence-corrected chi connectivity index (χ0v) is 19.5. The van der Waals surface area contributed by atoms with Gasteiger partial charge in [0, 0.05) is 29.4 Å². The van der Waals surface area contributed by atoms with Crippen LogP contribution in [0.2, 0.25) is 0 Å². The highest BCUT2D eigenvalue weighted by molar-refractivity contribution is 7.99. The molecule has 2 fully saturated rings. The molecule has 0 saturated carbocycles. The van der Waals surface area contributed by atoms with E-state index in [0.29, 0.717) is 5.56 Å². The predicted octanol–water partition coefficient (Wildman–Crippen LogP) is 6.55. The third-order valence-electron chi connectivity index (χ3n) is 7.18. The van der Waals surface area contributed by atoms with Crippen molar-refractivity contribution in [3.05, 3.63) is 64.5 Å². The van der Waals surface area contributed by atoms with Crippen LogP contribution in [-0.4, -0.2) is 49.6 Å². The summed E-state index contributed by atoms with van der Waals surface area (Å²) in [4.78, 5) is 6.43. The summed E-state index contributed by atoms with van der Waals surface area (Å²) in [5, 5.41) is 0. The molecule has 0 N–H and O–H groups in total.